The third kappa shape index (κ3) is 13.2. The van der Waals surface area contributed by atoms with Gasteiger partial charge in [-0.3, -0.25) is 24.0 Å². The Morgan fingerprint density at radius 3 is 2.06 bits per heavy atom. The first-order valence-electron chi connectivity index (χ1n) is 18.8. The zero-order valence-electron chi connectivity index (χ0n) is 33.7. The molecule has 0 spiro atoms. The Morgan fingerprint density at radius 1 is 1.02 bits per heavy atom. The highest BCUT2D eigenvalue weighted by atomic mass is 16.3. The summed E-state index contributed by atoms with van der Waals surface area (Å²) in [5, 5.41) is 20.6. The lowest BCUT2D eigenvalue weighted by molar-refractivity contribution is -0.143. The van der Waals surface area contributed by atoms with Crippen molar-refractivity contribution in [3.05, 3.63) is 23.8 Å². The van der Waals surface area contributed by atoms with Crippen LogP contribution in [-0.4, -0.2) is 88.2 Å². The molecule has 5 N–H and O–H groups in total. The predicted octanol–water partition coefficient (Wildman–Crippen LogP) is 4.99. The number of amides is 5. The fraction of sp³-hybridized carbons (Fsp3) is 0.744. The molecule has 2 aliphatic rings. The van der Waals surface area contributed by atoms with E-state index in [0.29, 0.717) is 38.1 Å². The van der Waals surface area contributed by atoms with E-state index in [9.17, 15) is 33.9 Å². The number of nitrogens with one attached hydrogen (secondary N) is 4. The van der Waals surface area contributed by atoms with Gasteiger partial charge >= 0.3 is 6.03 Å². The Bertz CT molecular complexity index is 1250. The summed E-state index contributed by atoms with van der Waals surface area (Å²) in [5.74, 6) is -1.89. The van der Waals surface area contributed by atoms with Crippen LogP contribution in [0.25, 0.3) is 0 Å². The first-order chi connectivity index (χ1) is 23.7. The monoisotopic (exact) mass is 720 g/mol. The minimum Gasteiger partial charge on any atom is -0.378 e. The Morgan fingerprint density at radius 2 is 1.61 bits per heavy atom. The normalized spacial score (nSPS) is 20.6. The number of urea groups is 1. The molecule has 1 saturated heterocycles. The van der Waals surface area contributed by atoms with Crippen molar-refractivity contribution in [3.8, 4) is 0 Å². The van der Waals surface area contributed by atoms with E-state index in [2.05, 4.69) is 34.8 Å². The number of aliphatic hydroxyl groups is 1. The highest BCUT2D eigenvalue weighted by Crippen LogP contribution is 2.40. The number of nitrogens with zero attached hydrogens (tertiary/aromatic N) is 1. The first kappa shape index (κ1) is 47.5. The van der Waals surface area contributed by atoms with E-state index in [1.807, 2.05) is 69.2 Å². The second-order valence-corrected chi connectivity index (χ2v) is 14.8. The fourth-order valence-corrected chi connectivity index (χ4v) is 6.40. The molecule has 2 rings (SSSR count). The summed E-state index contributed by atoms with van der Waals surface area (Å²) < 4.78 is 0. The molecule has 0 aromatic heterocycles. The van der Waals surface area contributed by atoms with Crippen LogP contribution in [0.3, 0.4) is 0 Å². The van der Waals surface area contributed by atoms with E-state index in [1.54, 1.807) is 13.8 Å². The molecular weight excluding hydrogens is 650 g/mol. The molecule has 6 atom stereocenters. The molecule has 12 heteroatoms. The van der Waals surface area contributed by atoms with Crippen molar-refractivity contribution in [2.45, 2.75) is 158 Å². The Kier molecular flexibility index (Phi) is 20.2. The Balaban J connectivity index is 0.00000149. The third-order valence-electron chi connectivity index (χ3n) is 9.45. The molecule has 1 fully saturated rings. The van der Waals surface area contributed by atoms with Gasteiger partial charge in [-0.25, -0.2) is 4.79 Å². The zero-order valence-corrected chi connectivity index (χ0v) is 33.7. The molecule has 0 aromatic carbocycles. The average molecular weight is 720 g/mol. The van der Waals surface area contributed by atoms with Gasteiger partial charge in [0, 0.05) is 19.1 Å². The van der Waals surface area contributed by atoms with Crippen molar-refractivity contribution in [2.24, 2.45) is 17.3 Å². The molecule has 1 aliphatic heterocycles. The van der Waals surface area contributed by atoms with Crippen LogP contribution in [0.15, 0.2) is 23.8 Å². The summed E-state index contributed by atoms with van der Waals surface area (Å²) >= 11 is 0. The van der Waals surface area contributed by atoms with Crippen molar-refractivity contribution in [1.82, 2.24) is 26.2 Å². The van der Waals surface area contributed by atoms with E-state index in [1.165, 1.54) is 11.0 Å². The van der Waals surface area contributed by atoms with Gasteiger partial charge in [-0.2, -0.15) is 0 Å². The first-order valence-corrected chi connectivity index (χ1v) is 18.8. The summed E-state index contributed by atoms with van der Waals surface area (Å²) in [6.07, 6.45) is 5.12. The molecule has 1 aliphatic carbocycles. The molecule has 0 aromatic rings. The number of rotatable bonds is 15. The molecular formula is C39H69N5O7. The molecule has 5 amide bonds. The van der Waals surface area contributed by atoms with E-state index < -0.39 is 52.8 Å². The Hall–Kier alpha value is -3.54. The summed E-state index contributed by atoms with van der Waals surface area (Å²) in [6.45, 7) is 29.0. The van der Waals surface area contributed by atoms with Gasteiger partial charge in [0.05, 0.1) is 6.04 Å². The quantitative estimate of drug-likeness (QED) is 0.117. The lowest BCUT2D eigenvalue weighted by atomic mass is 9.68. The van der Waals surface area contributed by atoms with Crippen molar-refractivity contribution in [2.75, 3.05) is 13.1 Å². The van der Waals surface area contributed by atoms with Crippen LogP contribution in [0.4, 0.5) is 4.79 Å². The standard InChI is InChI=1S/C27H47N5O5.C10H16O2.C2H6/c1-9-13-19(21(33)24(35)28-15-10-2)29-23(34)20-14-12-16-32(20)25(36)22(27(6,7)8)31-26(37)30-18(11-3)17(4)5;1-5-6(2)8-7(3)9(11)10(8,4)12;1-2/h10,17-20,22H,2,9,11-16H2,1,3-8H3,(H,28,35)(H,29,34)(H2,30,31,37);6,12H,5H2,1-4H3;1-2H3. The highest BCUT2D eigenvalue weighted by Gasteiger charge is 2.48. The lowest BCUT2D eigenvalue weighted by Gasteiger charge is -2.39. The lowest BCUT2D eigenvalue weighted by Crippen LogP contribution is -2.60. The summed E-state index contributed by atoms with van der Waals surface area (Å²) in [5.41, 5.74) is -0.0922. The van der Waals surface area contributed by atoms with Crippen molar-refractivity contribution >= 4 is 35.3 Å². The van der Waals surface area contributed by atoms with Crippen LogP contribution in [0.1, 0.15) is 129 Å². The van der Waals surface area contributed by atoms with Crippen LogP contribution in [0.2, 0.25) is 0 Å². The predicted molar refractivity (Wildman–Crippen MR) is 203 cm³/mol. The number of carbonyl (C=O) groups is 6. The minimum atomic E-state index is -1.17. The number of carbonyl (C=O) groups excluding carboxylic acids is 6. The van der Waals surface area contributed by atoms with E-state index in [0.717, 1.165) is 24.0 Å². The van der Waals surface area contributed by atoms with Crippen molar-refractivity contribution < 1.29 is 33.9 Å². The molecule has 6 unspecified atom stereocenters. The smallest absolute Gasteiger partial charge is 0.315 e. The van der Waals surface area contributed by atoms with Crippen LogP contribution >= 0.6 is 0 Å². The summed E-state index contributed by atoms with van der Waals surface area (Å²) in [4.78, 5) is 77.2. The number of hydrogen-bond donors (Lipinski definition) is 5. The number of ketones is 2. The van der Waals surface area contributed by atoms with E-state index in [4.69, 9.17) is 0 Å². The molecule has 292 valence electrons. The average Bonchev–Trinajstić information content (AvgIpc) is 3.58. The highest BCUT2D eigenvalue weighted by molar-refractivity contribution is 6.38. The van der Waals surface area contributed by atoms with Crippen LogP contribution in [-0.2, 0) is 24.0 Å². The van der Waals surface area contributed by atoms with E-state index in [-0.39, 0.29) is 30.2 Å². The molecule has 1 heterocycles. The largest absolute Gasteiger partial charge is 0.378 e. The van der Waals surface area contributed by atoms with Crippen LogP contribution < -0.4 is 21.3 Å². The third-order valence-corrected chi connectivity index (χ3v) is 9.45. The van der Waals surface area contributed by atoms with Gasteiger partial charge in [0.25, 0.3) is 5.91 Å². The number of Topliss-reactive ketones (excluding diaryl/α,β-unsaturated/α-hetero) is 2. The van der Waals surface area contributed by atoms with Crippen molar-refractivity contribution in [3.63, 3.8) is 0 Å². The Labute approximate surface area is 307 Å². The van der Waals surface area contributed by atoms with Crippen LogP contribution in [0, 0.1) is 17.3 Å². The molecule has 0 saturated carbocycles. The van der Waals surface area contributed by atoms with Gasteiger partial charge < -0.3 is 31.3 Å². The maximum Gasteiger partial charge on any atom is 0.315 e. The number of likely N-dealkylation sites (tertiary alicyclic amines) is 1. The van der Waals surface area contributed by atoms with Gasteiger partial charge in [0.2, 0.25) is 17.6 Å². The van der Waals surface area contributed by atoms with Gasteiger partial charge in [-0.1, -0.05) is 88.7 Å². The minimum absolute atomic E-state index is 0.0299. The summed E-state index contributed by atoms with van der Waals surface area (Å²) in [6, 6.07) is -3.08. The number of hydrogen-bond acceptors (Lipinski definition) is 7. The fourth-order valence-electron chi connectivity index (χ4n) is 6.40. The summed E-state index contributed by atoms with van der Waals surface area (Å²) in [7, 11) is 0. The van der Waals surface area contributed by atoms with Gasteiger partial charge in [0.1, 0.15) is 17.7 Å². The van der Waals surface area contributed by atoms with E-state index >= 15 is 0 Å². The topological polar surface area (TPSA) is 174 Å². The maximum absolute atomic E-state index is 13.7. The van der Waals surface area contributed by atoms with Gasteiger partial charge in [-0.15, -0.1) is 6.58 Å². The second-order valence-electron chi connectivity index (χ2n) is 14.8. The second kappa shape index (κ2) is 21.7. The van der Waals surface area contributed by atoms with Gasteiger partial charge in [0.15, 0.2) is 5.78 Å². The SMILES string of the molecule is C=CCNC(=O)C(=O)C(CCC)NC(=O)C1CCCN1C(=O)C(NC(=O)NC(CC)C(C)C)C(C)(C)C.CC.CCC(C)C1=C(C)C(=O)C1(C)O. The van der Waals surface area contributed by atoms with Crippen LogP contribution in [0.5, 0.6) is 0 Å². The van der Waals surface area contributed by atoms with Crippen molar-refractivity contribution in [1.29, 1.82) is 0 Å². The zero-order chi connectivity index (χ0) is 39.9. The molecule has 0 radical (unpaired) electrons. The molecule has 12 nitrogen and oxygen atoms in total. The maximum atomic E-state index is 13.7. The van der Waals surface area contributed by atoms with Gasteiger partial charge in [-0.05, 0) is 74.3 Å². The molecule has 51 heavy (non-hydrogen) atoms. The molecule has 0 bridgehead atoms.